The Balaban J connectivity index is 1.82. The summed E-state index contributed by atoms with van der Waals surface area (Å²) >= 11 is 5.26. The van der Waals surface area contributed by atoms with E-state index in [0.29, 0.717) is 0 Å². The van der Waals surface area contributed by atoms with Crippen molar-refractivity contribution < 1.29 is 4.79 Å². The normalized spacial score (nSPS) is 18.6. The molecule has 1 aromatic rings. The van der Waals surface area contributed by atoms with E-state index in [4.69, 9.17) is 5.73 Å². The molecular weight excluding hydrogens is 338 g/mol. The van der Waals surface area contributed by atoms with Gasteiger partial charge in [0.1, 0.15) is 0 Å². The fraction of sp³-hybridized carbons (Fsp3) is 0.643. The van der Waals surface area contributed by atoms with Crippen LogP contribution in [-0.2, 0) is 11.3 Å². The van der Waals surface area contributed by atoms with E-state index in [1.807, 2.05) is 18.7 Å². The average Bonchev–Trinajstić information content (AvgIpc) is 2.83. The first kappa shape index (κ1) is 15.9. The number of amides is 1. The van der Waals surface area contributed by atoms with Crippen LogP contribution in [0.3, 0.4) is 0 Å². The lowest BCUT2D eigenvalue weighted by atomic mass is 10.0. The Morgan fingerprint density at radius 1 is 1.35 bits per heavy atom. The number of halogens is 1. The molecule has 20 heavy (non-hydrogen) atoms. The van der Waals surface area contributed by atoms with E-state index >= 15 is 0 Å². The first-order valence-corrected chi connectivity index (χ1v) is 8.59. The summed E-state index contributed by atoms with van der Waals surface area (Å²) < 4.78 is 1.17. The lowest BCUT2D eigenvalue weighted by molar-refractivity contribution is -0.135. The molecule has 1 amide bonds. The third-order valence-electron chi connectivity index (χ3n) is 3.70. The van der Waals surface area contributed by atoms with Crippen LogP contribution < -0.4 is 5.73 Å². The van der Waals surface area contributed by atoms with Crippen molar-refractivity contribution in [2.45, 2.75) is 26.4 Å². The summed E-state index contributed by atoms with van der Waals surface area (Å²) in [6.07, 6.45) is 0. The van der Waals surface area contributed by atoms with Crippen molar-refractivity contribution in [3.8, 4) is 0 Å². The monoisotopic (exact) mass is 359 g/mol. The highest BCUT2D eigenvalue weighted by Crippen LogP contribution is 2.23. The summed E-state index contributed by atoms with van der Waals surface area (Å²) in [5.74, 6) is 0.294. The third kappa shape index (κ3) is 4.04. The van der Waals surface area contributed by atoms with Gasteiger partial charge in [-0.3, -0.25) is 9.69 Å². The third-order valence-corrected chi connectivity index (χ3v) is 5.30. The minimum absolute atomic E-state index is 0.0959. The molecule has 1 aliphatic rings. The highest BCUT2D eigenvalue weighted by Gasteiger charge is 2.26. The van der Waals surface area contributed by atoms with Crippen LogP contribution in [0.25, 0.3) is 0 Å². The predicted octanol–water partition coefficient (Wildman–Crippen LogP) is 2.14. The summed E-state index contributed by atoms with van der Waals surface area (Å²) in [6, 6.07) is 3.87. The molecule has 2 rings (SSSR count). The Labute approximate surface area is 133 Å². The van der Waals surface area contributed by atoms with Crippen molar-refractivity contribution in [3.05, 3.63) is 20.8 Å². The average molecular weight is 360 g/mol. The van der Waals surface area contributed by atoms with Crippen LogP contribution >= 0.6 is 27.3 Å². The molecule has 4 nitrogen and oxygen atoms in total. The standard InChI is InChI=1S/C14H22BrN3OS/c1-10(2)13(16)14(19)18-7-5-17(6-8-18)9-11-3-4-12(15)20-11/h3-4,10,13H,5-9,16H2,1-2H3/t13-/m0/s1. The van der Waals surface area contributed by atoms with Crippen molar-refractivity contribution in [3.63, 3.8) is 0 Å². The molecule has 0 saturated carbocycles. The lowest BCUT2D eigenvalue weighted by Gasteiger charge is -2.36. The van der Waals surface area contributed by atoms with E-state index < -0.39 is 0 Å². The molecule has 0 bridgehead atoms. The van der Waals surface area contributed by atoms with Crippen LogP contribution in [0.15, 0.2) is 15.9 Å². The fourth-order valence-electron chi connectivity index (χ4n) is 2.28. The Bertz CT molecular complexity index is 455. The zero-order chi connectivity index (χ0) is 14.7. The van der Waals surface area contributed by atoms with E-state index in [1.165, 1.54) is 8.66 Å². The molecular formula is C14H22BrN3OS. The van der Waals surface area contributed by atoms with Gasteiger partial charge in [-0.15, -0.1) is 11.3 Å². The second kappa shape index (κ2) is 7.02. The summed E-state index contributed by atoms with van der Waals surface area (Å²) in [5.41, 5.74) is 5.94. The maximum Gasteiger partial charge on any atom is 0.239 e. The van der Waals surface area contributed by atoms with Gasteiger partial charge < -0.3 is 10.6 Å². The van der Waals surface area contributed by atoms with Crippen LogP contribution in [0.2, 0.25) is 0 Å². The van der Waals surface area contributed by atoms with Gasteiger partial charge in [0, 0.05) is 37.6 Å². The van der Waals surface area contributed by atoms with Gasteiger partial charge >= 0.3 is 0 Å². The van der Waals surface area contributed by atoms with E-state index in [2.05, 4.69) is 33.0 Å². The number of hydrogen-bond donors (Lipinski definition) is 1. The molecule has 0 aliphatic carbocycles. The minimum atomic E-state index is -0.366. The molecule has 1 fully saturated rings. The number of piperazine rings is 1. The van der Waals surface area contributed by atoms with Gasteiger partial charge in [-0.1, -0.05) is 13.8 Å². The smallest absolute Gasteiger partial charge is 0.239 e. The van der Waals surface area contributed by atoms with Crippen molar-refractivity contribution in [2.75, 3.05) is 26.2 Å². The highest BCUT2D eigenvalue weighted by molar-refractivity contribution is 9.11. The maximum atomic E-state index is 12.2. The van der Waals surface area contributed by atoms with Gasteiger partial charge in [0.15, 0.2) is 0 Å². The number of hydrogen-bond acceptors (Lipinski definition) is 4. The number of rotatable bonds is 4. The van der Waals surface area contributed by atoms with E-state index in [0.717, 1.165) is 32.7 Å². The van der Waals surface area contributed by atoms with Gasteiger partial charge in [-0.2, -0.15) is 0 Å². The van der Waals surface area contributed by atoms with Gasteiger partial charge in [0.2, 0.25) is 5.91 Å². The Morgan fingerprint density at radius 3 is 2.50 bits per heavy atom. The van der Waals surface area contributed by atoms with Crippen molar-refractivity contribution in [1.82, 2.24) is 9.80 Å². The molecule has 1 atom stereocenters. The molecule has 6 heteroatoms. The van der Waals surface area contributed by atoms with Crippen molar-refractivity contribution >= 4 is 33.2 Å². The van der Waals surface area contributed by atoms with Crippen LogP contribution in [0.4, 0.5) is 0 Å². The number of thiophene rings is 1. The summed E-state index contributed by atoms with van der Waals surface area (Å²) in [6.45, 7) is 8.37. The lowest BCUT2D eigenvalue weighted by Crippen LogP contribution is -2.54. The Hall–Kier alpha value is -0.430. The van der Waals surface area contributed by atoms with E-state index in [1.54, 1.807) is 11.3 Å². The first-order chi connectivity index (χ1) is 9.47. The SMILES string of the molecule is CC(C)[C@H](N)C(=O)N1CCN(Cc2ccc(Br)s2)CC1. The Kier molecular flexibility index (Phi) is 5.60. The van der Waals surface area contributed by atoms with Crippen LogP contribution in [-0.4, -0.2) is 47.9 Å². The summed E-state index contributed by atoms with van der Waals surface area (Å²) in [5, 5.41) is 0. The quantitative estimate of drug-likeness (QED) is 0.895. The van der Waals surface area contributed by atoms with Gasteiger partial charge in [0.25, 0.3) is 0 Å². The zero-order valence-corrected chi connectivity index (χ0v) is 14.4. The second-order valence-electron chi connectivity index (χ2n) is 5.58. The number of carbonyl (C=O) groups excluding carboxylic acids is 1. The topological polar surface area (TPSA) is 49.6 Å². The zero-order valence-electron chi connectivity index (χ0n) is 12.0. The molecule has 2 heterocycles. The number of carbonyl (C=O) groups is 1. The predicted molar refractivity (Wildman–Crippen MR) is 86.7 cm³/mol. The Morgan fingerprint density at radius 2 is 2.00 bits per heavy atom. The van der Waals surface area contributed by atoms with Gasteiger partial charge in [-0.25, -0.2) is 0 Å². The second-order valence-corrected chi connectivity index (χ2v) is 8.12. The van der Waals surface area contributed by atoms with Crippen LogP contribution in [0.5, 0.6) is 0 Å². The number of nitrogens with two attached hydrogens (primary N) is 1. The molecule has 0 unspecified atom stereocenters. The maximum absolute atomic E-state index is 12.2. The van der Waals surface area contributed by atoms with Gasteiger partial charge in [-0.05, 0) is 34.0 Å². The summed E-state index contributed by atoms with van der Waals surface area (Å²) in [7, 11) is 0. The fourth-order valence-corrected chi connectivity index (χ4v) is 3.81. The largest absolute Gasteiger partial charge is 0.339 e. The molecule has 0 radical (unpaired) electrons. The molecule has 1 aromatic heterocycles. The van der Waals surface area contributed by atoms with Crippen LogP contribution in [0.1, 0.15) is 18.7 Å². The molecule has 1 saturated heterocycles. The van der Waals surface area contributed by atoms with Crippen molar-refractivity contribution in [2.24, 2.45) is 11.7 Å². The molecule has 112 valence electrons. The molecule has 0 spiro atoms. The highest BCUT2D eigenvalue weighted by atomic mass is 79.9. The first-order valence-electron chi connectivity index (χ1n) is 6.98. The molecule has 0 aromatic carbocycles. The number of nitrogens with zero attached hydrogens (tertiary/aromatic N) is 2. The minimum Gasteiger partial charge on any atom is -0.339 e. The van der Waals surface area contributed by atoms with Gasteiger partial charge in [0.05, 0.1) is 9.83 Å². The molecule has 2 N–H and O–H groups in total. The van der Waals surface area contributed by atoms with Crippen molar-refractivity contribution in [1.29, 1.82) is 0 Å². The van der Waals surface area contributed by atoms with E-state index in [9.17, 15) is 4.79 Å². The summed E-state index contributed by atoms with van der Waals surface area (Å²) in [4.78, 5) is 17.8. The van der Waals surface area contributed by atoms with Crippen LogP contribution in [0, 0.1) is 5.92 Å². The van der Waals surface area contributed by atoms with E-state index in [-0.39, 0.29) is 17.9 Å². The molecule has 1 aliphatic heterocycles.